The summed E-state index contributed by atoms with van der Waals surface area (Å²) < 4.78 is 5.39. The zero-order valence-corrected chi connectivity index (χ0v) is 12.6. The highest BCUT2D eigenvalue weighted by molar-refractivity contribution is 5.84. The average Bonchev–Trinajstić information content (AvgIpc) is 2.47. The molecule has 4 nitrogen and oxygen atoms in total. The van der Waals surface area contributed by atoms with Gasteiger partial charge in [-0.25, -0.2) is 4.79 Å². The molecule has 0 aromatic heterocycles. The number of ether oxygens (including phenoxy) is 1. The molecule has 1 aliphatic heterocycles. The molecule has 0 bridgehead atoms. The average molecular weight is 286 g/mol. The maximum Gasteiger partial charge on any atom is 0.411 e. The van der Waals surface area contributed by atoms with Crippen molar-refractivity contribution in [3.63, 3.8) is 0 Å². The summed E-state index contributed by atoms with van der Waals surface area (Å²) >= 11 is 0. The largest absolute Gasteiger partial charge is 0.443 e. The second kappa shape index (κ2) is 6.64. The SMILES string of the molecule is C#CC(CC)(CC)N1CC(OC(=O)Nc2ccccc2)C1. The van der Waals surface area contributed by atoms with Crippen molar-refractivity contribution in [3.05, 3.63) is 30.3 Å². The first-order chi connectivity index (χ1) is 10.1. The number of carbonyl (C=O) groups excluding carboxylic acids is 1. The van der Waals surface area contributed by atoms with E-state index >= 15 is 0 Å². The van der Waals surface area contributed by atoms with E-state index in [1.165, 1.54) is 0 Å². The van der Waals surface area contributed by atoms with E-state index < -0.39 is 6.09 Å². The highest BCUT2D eigenvalue weighted by atomic mass is 16.6. The molecule has 1 aliphatic rings. The summed E-state index contributed by atoms with van der Waals surface area (Å²) in [6.45, 7) is 5.60. The molecule has 1 amide bonds. The minimum Gasteiger partial charge on any atom is -0.443 e. The molecule has 1 aromatic carbocycles. The summed E-state index contributed by atoms with van der Waals surface area (Å²) in [7, 11) is 0. The van der Waals surface area contributed by atoms with Gasteiger partial charge in [-0.1, -0.05) is 38.0 Å². The van der Waals surface area contributed by atoms with Gasteiger partial charge < -0.3 is 4.74 Å². The van der Waals surface area contributed by atoms with Crippen LogP contribution in [0.1, 0.15) is 26.7 Å². The normalized spacial score (nSPS) is 15.9. The topological polar surface area (TPSA) is 41.6 Å². The molecular weight excluding hydrogens is 264 g/mol. The second-order valence-electron chi connectivity index (χ2n) is 5.31. The highest BCUT2D eigenvalue weighted by Gasteiger charge is 2.41. The monoisotopic (exact) mass is 286 g/mol. The van der Waals surface area contributed by atoms with Crippen molar-refractivity contribution in [1.29, 1.82) is 0 Å². The van der Waals surface area contributed by atoms with E-state index in [1.807, 2.05) is 30.3 Å². The molecule has 1 N–H and O–H groups in total. The van der Waals surface area contributed by atoms with Gasteiger partial charge in [0.2, 0.25) is 0 Å². The lowest BCUT2D eigenvalue weighted by atomic mass is 9.88. The molecular formula is C17H22N2O2. The number of amides is 1. The Morgan fingerprint density at radius 1 is 1.38 bits per heavy atom. The number of nitrogens with zero attached hydrogens (tertiary/aromatic N) is 1. The Morgan fingerprint density at radius 2 is 2.00 bits per heavy atom. The molecule has 1 aromatic rings. The smallest absolute Gasteiger partial charge is 0.411 e. The fourth-order valence-corrected chi connectivity index (χ4v) is 2.67. The Labute approximate surface area is 126 Å². The molecule has 112 valence electrons. The summed E-state index contributed by atoms with van der Waals surface area (Å²) in [6.07, 6.45) is 6.99. The van der Waals surface area contributed by atoms with Gasteiger partial charge in [0.25, 0.3) is 0 Å². The first kappa shape index (κ1) is 15.4. The van der Waals surface area contributed by atoms with E-state index in [9.17, 15) is 4.79 Å². The molecule has 21 heavy (non-hydrogen) atoms. The number of likely N-dealkylation sites (tertiary alicyclic amines) is 1. The lowest BCUT2D eigenvalue weighted by molar-refractivity contribution is -0.0532. The summed E-state index contributed by atoms with van der Waals surface area (Å²) in [5, 5.41) is 2.72. The zero-order valence-electron chi connectivity index (χ0n) is 12.6. The minimum absolute atomic E-state index is 0.0838. The van der Waals surface area contributed by atoms with Crippen molar-refractivity contribution >= 4 is 11.8 Å². The number of hydrogen-bond donors (Lipinski definition) is 1. The number of rotatable bonds is 5. The van der Waals surface area contributed by atoms with Gasteiger partial charge in [0.05, 0.1) is 5.54 Å². The van der Waals surface area contributed by atoms with Crippen LogP contribution in [0.15, 0.2) is 30.3 Å². The number of carbonyl (C=O) groups is 1. The van der Waals surface area contributed by atoms with E-state index in [0.29, 0.717) is 13.1 Å². The fraction of sp³-hybridized carbons (Fsp3) is 0.471. The lowest BCUT2D eigenvalue weighted by Gasteiger charge is -2.48. The van der Waals surface area contributed by atoms with Crippen LogP contribution < -0.4 is 5.32 Å². The maximum atomic E-state index is 11.8. The van der Waals surface area contributed by atoms with Gasteiger partial charge in [0, 0.05) is 18.8 Å². The molecule has 0 aliphatic carbocycles. The van der Waals surface area contributed by atoms with E-state index in [0.717, 1.165) is 18.5 Å². The third kappa shape index (κ3) is 3.37. The van der Waals surface area contributed by atoms with E-state index in [4.69, 9.17) is 11.2 Å². The van der Waals surface area contributed by atoms with Gasteiger partial charge in [-0.15, -0.1) is 6.42 Å². The number of anilines is 1. The molecule has 4 heteroatoms. The number of hydrogen-bond acceptors (Lipinski definition) is 3. The van der Waals surface area contributed by atoms with Crippen LogP contribution in [0.2, 0.25) is 0 Å². The number of para-hydroxylation sites is 1. The van der Waals surface area contributed by atoms with Gasteiger partial charge in [0.1, 0.15) is 6.10 Å². The second-order valence-corrected chi connectivity index (χ2v) is 5.31. The first-order valence-electron chi connectivity index (χ1n) is 7.39. The van der Waals surface area contributed by atoms with Gasteiger partial charge in [0.15, 0.2) is 0 Å². The van der Waals surface area contributed by atoms with E-state index in [2.05, 4.69) is 30.0 Å². The predicted molar refractivity (Wildman–Crippen MR) is 84.1 cm³/mol. The number of terminal acetylenes is 1. The molecule has 2 rings (SSSR count). The zero-order chi connectivity index (χ0) is 15.3. The van der Waals surface area contributed by atoms with Gasteiger partial charge in [-0.3, -0.25) is 10.2 Å². The third-order valence-electron chi connectivity index (χ3n) is 4.19. The van der Waals surface area contributed by atoms with Crippen LogP contribution in [0.3, 0.4) is 0 Å². The van der Waals surface area contributed by atoms with Crippen molar-refractivity contribution in [2.45, 2.75) is 38.3 Å². The van der Waals surface area contributed by atoms with Crippen molar-refractivity contribution in [1.82, 2.24) is 4.90 Å². The van der Waals surface area contributed by atoms with Gasteiger partial charge in [-0.05, 0) is 25.0 Å². The van der Waals surface area contributed by atoms with Crippen LogP contribution in [0.4, 0.5) is 10.5 Å². The molecule has 0 saturated carbocycles. The molecule has 1 heterocycles. The molecule has 0 atom stereocenters. The van der Waals surface area contributed by atoms with E-state index in [-0.39, 0.29) is 11.6 Å². The predicted octanol–water partition coefficient (Wildman–Crippen LogP) is 3.11. The van der Waals surface area contributed by atoms with E-state index in [1.54, 1.807) is 0 Å². The standard InChI is InChI=1S/C17H22N2O2/c1-4-17(5-2,6-3)19-12-15(13-19)21-16(20)18-14-10-8-7-9-11-14/h1,7-11,15H,5-6,12-13H2,2-3H3,(H,18,20). The maximum absolute atomic E-state index is 11.8. The van der Waals surface area contributed by atoms with Crippen molar-refractivity contribution in [2.24, 2.45) is 0 Å². The number of nitrogens with one attached hydrogen (secondary N) is 1. The molecule has 0 radical (unpaired) electrons. The van der Waals surface area contributed by atoms with Crippen LogP contribution in [0.5, 0.6) is 0 Å². The first-order valence-corrected chi connectivity index (χ1v) is 7.39. The summed E-state index contributed by atoms with van der Waals surface area (Å²) in [5.41, 5.74) is 0.536. The number of benzene rings is 1. The minimum atomic E-state index is -0.412. The van der Waals surface area contributed by atoms with Crippen LogP contribution in [-0.4, -0.2) is 35.7 Å². The van der Waals surface area contributed by atoms with Gasteiger partial charge >= 0.3 is 6.09 Å². The van der Waals surface area contributed by atoms with Crippen molar-refractivity contribution < 1.29 is 9.53 Å². The quantitative estimate of drug-likeness (QED) is 0.846. The van der Waals surface area contributed by atoms with Gasteiger partial charge in [-0.2, -0.15) is 0 Å². The Morgan fingerprint density at radius 3 is 2.52 bits per heavy atom. The highest BCUT2D eigenvalue weighted by Crippen LogP contribution is 2.29. The third-order valence-corrected chi connectivity index (χ3v) is 4.19. The Balaban J connectivity index is 1.80. The van der Waals surface area contributed by atoms with Crippen LogP contribution >= 0.6 is 0 Å². The molecule has 0 spiro atoms. The van der Waals surface area contributed by atoms with Crippen molar-refractivity contribution in [3.8, 4) is 12.3 Å². The van der Waals surface area contributed by atoms with Crippen LogP contribution in [0, 0.1) is 12.3 Å². The summed E-state index contributed by atoms with van der Waals surface area (Å²) in [6, 6.07) is 9.28. The molecule has 1 fully saturated rings. The van der Waals surface area contributed by atoms with Crippen molar-refractivity contribution in [2.75, 3.05) is 18.4 Å². The van der Waals surface area contributed by atoms with Crippen LogP contribution in [0.25, 0.3) is 0 Å². The Kier molecular flexibility index (Phi) is 4.87. The lowest BCUT2D eigenvalue weighted by Crippen LogP contribution is -2.62. The van der Waals surface area contributed by atoms with Crippen LogP contribution in [-0.2, 0) is 4.74 Å². The summed E-state index contributed by atoms with van der Waals surface area (Å²) in [5.74, 6) is 2.90. The Hall–Kier alpha value is -1.99. The molecule has 0 unspecified atom stereocenters. The fourth-order valence-electron chi connectivity index (χ4n) is 2.67. The molecule has 1 saturated heterocycles. The Bertz CT molecular complexity index is 511. The summed E-state index contributed by atoms with van der Waals surface area (Å²) in [4.78, 5) is 14.0.